The first-order valence-corrected chi connectivity index (χ1v) is 10.1. The number of nitrogens with zero attached hydrogens (tertiary/aromatic N) is 3. The minimum Gasteiger partial charge on any atom is -0.494 e. The first kappa shape index (κ1) is 21.7. The van der Waals surface area contributed by atoms with Crippen molar-refractivity contribution in [2.45, 2.75) is 12.8 Å². The number of ether oxygens (including phenoxy) is 2. The van der Waals surface area contributed by atoms with Crippen LogP contribution >= 0.6 is 0 Å². The Morgan fingerprint density at radius 2 is 1.79 bits per heavy atom. The zero-order chi connectivity index (χ0) is 24.0. The monoisotopic (exact) mass is 470 g/mol. The van der Waals surface area contributed by atoms with Crippen LogP contribution in [0.25, 0.3) is 39.3 Å². The predicted molar refractivity (Wildman–Crippen MR) is 117 cm³/mol. The Hall–Kier alpha value is -4.12. The fraction of sp³-hybridized carbons (Fsp3) is 0.174. The molecule has 0 aliphatic carbocycles. The largest absolute Gasteiger partial charge is 0.494 e. The molecule has 174 valence electrons. The van der Waals surface area contributed by atoms with Crippen LogP contribution in [0, 0.1) is 0 Å². The zero-order valence-corrected chi connectivity index (χ0v) is 17.9. The summed E-state index contributed by atoms with van der Waals surface area (Å²) in [5.41, 5.74) is -1.41. The van der Waals surface area contributed by atoms with Gasteiger partial charge in [0.1, 0.15) is 17.0 Å². The van der Waals surface area contributed by atoms with Crippen LogP contribution in [-0.4, -0.2) is 33.8 Å². The summed E-state index contributed by atoms with van der Waals surface area (Å²) in [5.74, 6) is 0.309. The molecule has 0 bridgehead atoms. The van der Waals surface area contributed by atoms with E-state index in [9.17, 15) is 18.0 Å². The van der Waals surface area contributed by atoms with Gasteiger partial charge in [-0.05, 0) is 17.7 Å². The highest BCUT2D eigenvalue weighted by molar-refractivity contribution is 5.84. The minimum atomic E-state index is -4.77. The number of fused-ring (bicyclic) bond motifs is 2. The van der Waals surface area contributed by atoms with E-state index < -0.39 is 17.4 Å². The standard InChI is InChI=1S/C23H17F3N4O4/c1-32-11-13-17(21-28-18-14(33-2)9-6-10-15(18)34-21)22(31)30-20(27-13)16(12-7-4-3-5-8-12)19(29-30)23(24,25)26/h3-10,29H,11H2,1-2H3. The van der Waals surface area contributed by atoms with E-state index >= 15 is 0 Å². The maximum absolute atomic E-state index is 14.0. The maximum atomic E-state index is 14.0. The summed E-state index contributed by atoms with van der Waals surface area (Å²) in [7, 11) is 2.85. The van der Waals surface area contributed by atoms with Crippen LogP contribution in [0.3, 0.4) is 0 Å². The number of H-pyrrole nitrogens is 1. The highest BCUT2D eigenvalue weighted by Crippen LogP contribution is 2.39. The van der Waals surface area contributed by atoms with Gasteiger partial charge in [-0.25, -0.2) is 9.97 Å². The summed E-state index contributed by atoms with van der Waals surface area (Å²) in [4.78, 5) is 22.3. The Morgan fingerprint density at radius 1 is 1.03 bits per heavy atom. The van der Waals surface area contributed by atoms with Crippen molar-refractivity contribution < 1.29 is 27.1 Å². The average molecular weight is 470 g/mol. The van der Waals surface area contributed by atoms with Gasteiger partial charge in [0.2, 0.25) is 5.89 Å². The van der Waals surface area contributed by atoms with E-state index in [1.165, 1.54) is 26.4 Å². The SMILES string of the molecule is COCc1nc2c(-c3ccccc3)c(C(F)(F)F)[nH]n2c(=O)c1-c1nc2c(OC)cccc2o1. The molecule has 3 aromatic heterocycles. The van der Waals surface area contributed by atoms with E-state index in [1.807, 2.05) is 0 Å². The molecule has 0 saturated carbocycles. The molecule has 3 heterocycles. The van der Waals surface area contributed by atoms with E-state index in [0.29, 0.717) is 16.8 Å². The molecular formula is C23H17F3N4O4. The van der Waals surface area contributed by atoms with Crippen molar-refractivity contribution in [1.29, 1.82) is 0 Å². The summed E-state index contributed by atoms with van der Waals surface area (Å²) in [5, 5.41) is 2.19. The van der Waals surface area contributed by atoms with Crippen molar-refractivity contribution in [3.63, 3.8) is 0 Å². The Labute approximate surface area is 189 Å². The third-order valence-corrected chi connectivity index (χ3v) is 5.30. The average Bonchev–Trinajstić information content (AvgIpc) is 3.41. The first-order chi connectivity index (χ1) is 16.3. The third kappa shape index (κ3) is 3.41. The summed E-state index contributed by atoms with van der Waals surface area (Å²) in [6, 6.07) is 12.9. The molecule has 5 rings (SSSR count). The molecule has 0 spiro atoms. The summed E-state index contributed by atoms with van der Waals surface area (Å²) >= 11 is 0. The molecule has 0 aliphatic rings. The molecule has 0 amide bonds. The Kier molecular flexibility index (Phi) is 5.13. The van der Waals surface area contributed by atoms with Crippen LogP contribution in [0.2, 0.25) is 0 Å². The van der Waals surface area contributed by atoms with Gasteiger partial charge in [-0.2, -0.15) is 17.7 Å². The van der Waals surface area contributed by atoms with Gasteiger partial charge < -0.3 is 13.9 Å². The number of hydrogen-bond acceptors (Lipinski definition) is 6. The molecule has 1 N–H and O–H groups in total. The summed E-state index contributed by atoms with van der Waals surface area (Å²) in [6.45, 7) is -0.155. The van der Waals surface area contributed by atoms with E-state index in [0.717, 1.165) is 4.52 Å². The molecule has 5 aromatic rings. The number of aromatic nitrogens is 4. The molecule has 2 aromatic carbocycles. The second kappa shape index (κ2) is 8.03. The number of benzene rings is 2. The van der Waals surface area contributed by atoms with Crippen molar-refractivity contribution in [2.75, 3.05) is 14.2 Å². The summed E-state index contributed by atoms with van der Waals surface area (Å²) in [6.07, 6.45) is -4.77. The van der Waals surface area contributed by atoms with Crippen LogP contribution in [-0.2, 0) is 17.5 Å². The van der Waals surface area contributed by atoms with Crippen LogP contribution < -0.4 is 10.3 Å². The summed E-state index contributed by atoms with van der Waals surface area (Å²) < 4.78 is 58.9. The van der Waals surface area contributed by atoms with Gasteiger partial charge in [0, 0.05) is 7.11 Å². The van der Waals surface area contributed by atoms with Crippen molar-refractivity contribution >= 4 is 16.7 Å². The molecular weight excluding hydrogens is 453 g/mol. The third-order valence-electron chi connectivity index (χ3n) is 5.30. The molecule has 0 aliphatic heterocycles. The maximum Gasteiger partial charge on any atom is 0.433 e. The molecule has 11 heteroatoms. The van der Waals surface area contributed by atoms with Gasteiger partial charge in [0.05, 0.1) is 25.0 Å². The van der Waals surface area contributed by atoms with Gasteiger partial charge in [-0.15, -0.1) is 0 Å². The lowest BCUT2D eigenvalue weighted by Gasteiger charge is -2.08. The minimum absolute atomic E-state index is 0.0860. The number of hydrogen-bond donors (Lipinski definition) is 1. The van der Waals surface area contributed by atoms with E-state index in [2.05, 4.69) is 15.1 Å². The zero-order valence-electron chi connectivity index (χ0n) is 17.9. The topological polar surface area (TPSA) is 94.7 Å². The molecule has 0 saturated heterocycles. The van der Waals surface area contributed by atoms with E-state index in [-0.39, 0.29) is 40.5 Å². The van der Waals surface area contributed by atoms with Crippen LogP contribution in [0.5, 0.6) is 5.75 Å². The second-order valence-electron chi connectivity index (χ2n) is 7.38. The number of alkyl halides is 3. The Balaban J connectivity index is 1.86. The smallest absolute Gasteiger partial charge is 0.433 e. The molecule has 0 unspecified atom stereocenters. The van der Waals surface area contributed by atoms with Gasteiger partial charge >= 0.3 is 6.18 Å². The van der Waals surface area contributed by atoms with E-state index in [1.54, 1.807) is 36.4 Å². The quantitative estimate of drug-likeness (QED) is 0.401. The van der Waals surface area contributed by atoms with Gasteiger partial charge in [-0.3, -0.25) is 9.89 Å². The lowest BCUT2D eigenvalue weighted by molar-refractivity contribution is -0.140. The first-order valence-electron chi connectivity index (χ1n) is 10.1. The fourth-order valence-corrected chi connectivity index (χ4v) is 3.85. The van der Waals surface area contributed by atoms with Crippen molar-refractivity contribution in [1.82, 2.24) is 19.6 Å². The number of methoxy groups -OCH3 is 2. The Morgan fingerprint density at radius 3 is 2.47 bits per heavy atom. The molecule has 0 atom stereocenters. The number of nitrogens with one attached hydrogen (secondary N) is 1. The van der Waals surface area contributed by atoms with Crippen molar-refractivity contribution in [2.24, 2.45) is 0 Å². The fourth-order valence-electron chi connectivity index (χ4n) is 3.85. The molecule has 34 heavy (non-hydrogen) atoms. The lowest BCUT2D eigenvalue weighted by atomic mass is 10.1. The van der Waals surface area contributed by atoms with Crippen LogP contribution in [0.4, 0.5) is 13.2 Å². The molecule has 0 radical (unpaired) electrons. The number of halogens is 3. The van der Waals surface area contributed by atoms with Crippen molar-refractivity contribution in [3.8, 4) is 28.3 Å². The van der Waals surface area contributed by atoms with Crippen LogP contribution in [0.1, 0.15) is 11.4 Å². The Bertz CT molecular complexity index is 1570. The molecule has 8 nitrogen and oxygen atoms in total. The highest BCUT2D eigenvalue weighted by Gasteiger charge is 2.38. The van der Waals surface area contributed by atoms with Gasteiger partial charge in [0.25, 0.3) is 5.56 Å². The lowest BCUT2D eigenvalue weighted by Crippen LogP contribution is -2.21. The number of para-hydroxylation sites is 1. The second-order valence-corrected chi connectivity index (χ2v) is 7.38. The highest BCUT2D eigenvalue weighted by atomic mass is 19.4. The predicted octanol–water partition coefficient (Wildman–Crippen LogP) is 4.67. The van der Waals surface area contributed by atoms with Crippen LogP contribution in [0.15, 0.2) is 57.7 Å². The van der Waals surface area contributed by atoms with Gasteiger partial charge in [-0.1, -0.05) is 36.4 Å². The van der Waals surface area contributed by atoms with Gasteiger partial charge in [0.15, 0.2) is 16.7 Å². The van der Waals surface area contributed by atoms with E-state index in [4.69, 9.17) is 13.9 Å². The molecule has 0 fully saturated rings. The number of rotatable bonds is 5. The van der Waals surface area contributed by atoms with Crippen molar-refractivity contribution in [3.05, 3.63) is 70.3 Å². The normalized spacial score (nSPS) is 12.0. The number of oxazole rings is 1. The number of aromatic amines is 1.